The first-order valence-electron chi connectivity index (χ1n) is 9.58. The number of ether oxygens (including phenoxy) is 1. The fourth-order valence-corrected chi connectivity index (χ4v) is 4.41. The van der Waals surface area contributed by atoms with E-state index in [1.54, 1.807) is 24.8 Å². The van der Waals surface area contributed by atoms with Crippen LogP contribution in [0.15, 0.2) is 82.6 Å². The summed E-state index contributed by atoms with van der Waals surface area (Å²) in [6, 6.07) is 21.4. The third kappa shape index (κ3) is 6.58. The summed E-state index contributed by atoms with van der Waals surface area (Å²) in [7, 11) is -3.66. The fraction of sp³-hybridized carbons (Fsp3) is 0.174. The summed E-state index contributed by atoms with van der Waals surface area (Å²) in [5.74, 6) is 0.161. The lowest BCUT2D eigenvalue weighted by Gasteiger charge is -2.12. The van der Waals surface area contributed by atoms with E-state index in [2.05, 4.69) is 10.0 Å². The quantitative estimate of drug-likeness (QED) is 0.471. The van der Waals surface area contributed by atoms with E-state index in [1.807, 2.05) is 60.9 Å². The van der Waals surface area contributed by atoms with Crippen LogP contribution in [0.25, 0.3) is 0 Å². The number of carbonyl (C=O) groups is 1. The molecule has 0 saturated carbocycles. The molecule has 0 radical (unpaired) electrons. The molecule has 0 fully saturated rings. The number of carbonyl (C=O) groups excluding carboxylic acids is 1. The molecule has 8 heteroatoms. The van der Waals surface area contributed by atoms with Gasteiger partial charge in [0.1, 0.15) is 5.75 Å². The third-order valence-electron chi connectivity index (χ3n) is 4.48. The second kappa shape index (κ2) is 10.5. The van der Waals surface area contributed by atoms with Crippen molar-refractivity contribution in [2.75, 3.05) is 18.2 Å². The summed E-state index contributed by atoms with van der Waals surface area (Å²) < 4.78 is 33.3. The summed E-state index contributed by atoms with van der Waals surface area (Å²) in [6.45, 7) is 1.77. The minimum Gasteiger partial charge on any atom is -0.483 e. The number of benzene rings is 3. The number of anilines is 1. The van der Waals surface area contributed by atoms with Gasteiger partial charge >= 0.3 is 0 Å². The summed E-state index contributed by atoms with van der Waals surface area (Å²) in [5.41, 5.74) is 2.19. The van der Waals surface area contributed by atoms with Crippen LogP contribution >= 0.6 is 11.8 Å². The van der Waals surface area contributed by atoms with Gasteiger partial charge in [-0.2, -0.15) is 0 Å². The van der Waals surface area contributed by atoms with Crippen LogP contribution in [0.1, 0.15) is 11.1 Å². The Balaban J connectivity index is 1.59. The van der Waals surface area contributed by atoms with Crippen molar-refractivity contribution in [2.45, 2.75) is 23.3 Å². The van der Waals surface area contributed by atoms with Gasteiger partial charge < -0.3 is 10.1 Å². The van der Waals surface area contributed by atoms with Crippen molar-refractivity contribution in [1.29, 1.82) is 0 Å². The normalized spacial score (nSPS) is 11.2. The maximum Gasteiger partial charge on any atom is 0.262 e. The molecule has 0 bridgehead atoms. The van der Waals surface area contributed by atoms with Crippen molar-refractivity contribution >= 4 is 33.4 Å². The van der Waals surface area contributed by atoms with Crippen LogP contribution < -0.4 is 14.8 Å². The minimum absolute atomic E-state index is 0.145. The fourth-order valence-electron chi connectivity index (χ4n) is 2.85. The Hall–Kier alpha value is -2.81. The Kier molecular flexibility index (Phi) is 7.73. The lowest BCUT2D eigenvalue weighted by atomic mass is 10.2. The van der Waals surface area contributed by atoms with Gasteiger partial charge in [0.15, 0.2) is 6.61 Å². The van der Waals surface area contributed by atoms with Crippen LogP contribution in [0.4, 0.5) is 5.69 Å². The minimum atomic E-state index is -3.66. The number of sulfonamides is 1. The summed E-state index contributed by atoms with van der Waals surface area (Å²) >= 11 is 1.59. The molecule has 0 unspecified atom stereocenters. The molecule has 0 aliphatic rings. The Morgan fingerprint density at radius 1 is 1.00 bits per heavy atom. The van der Waals surface area contributed by atoms with E-state index < -0.39 is 10.0 Å². The second-order valence-corrected chi connectivity index (χ2v) is 9.45. The number of amides is 1. The van der Waals surface area contributed by atoms with E-state index >= 15 is 0 Å². The van der Waals surface area contributed by atoms with Crippen molar-refractivity contribution in [3.05, 3.63) is 83.9 Å². The van der Waals surface area contributed by atoms with E-state index in [9.17, 15) is 13.2 Å². The van der Waals surface area contributed by atoms with Crippen LogP contribution in [-0.4, -0.2) is 27.2 Å². The topological polar surface area (TPSA) is 84.5 Å². The highest BCUT2D eigenvalue weighted by molar-refractivity contribution is 7.98. The molecule has 1 amide bonds. The molecule has 3 aromatic rings. The molecule has 0 aliphatic carbocycles. The number of rotatable bonds is 9. The highest BCUT2D eigenvalue weighted by Crippen LogP contribution is 2.22. The molecule has 0 saturated heterocycles. The van der Waals surface area contributed by atoms with Crippen molar-refractivity contribution < 1.29 is 17.9 Å². The molecule has 0 aromatic heterocycles. The third-order valence-corrected chi connectivity index (χ3v) is 6.60. The molecule has 0 atom stereocenters. The van der Waals surface area contributed by atoms with E-state index in [0.717, 1.165) is 10.5 Å². The first kappa shape index (κ1) is 22.9. The van der Waals surface area contributed by atoms with Gasteiger partial charge in [-0.1, -0.05) is 36.4 Å². The largest absolute Gasteiger partial charge is 0.483 e. The standard InChI is InChI=1S/C23H24N2O4S2/c1-17-13-21(31(27,28)24-15-18-7-4-3-5-8-18)11-12-22(17)29-16-23(26)25-19-9-6-10-20(14-19)30-2/h3-14,24H,15-16H2,1-2H3,(H,25,26). The van der Waals surface area contributed by atoms with E-state index in [1.165, 1.54) is 12.1 Å². The van der Waals surface area contributed by atoms with E-state index in [0.29, 0.717) is 17.0 Å². The van der Waals surface area contributed by atoms with Crippen LogP contribution in [0.3, 0.4) is 0 Å². The monoisotopic (exact) mass is 456 g/mol. The van der Waals surface area contributed by atoms with Crippen LogP contribution in [0.2, 0.25) is 0 Å². The molecule has 3 aromatic carbocycles. The van der Waals surface area contributed by atoms with Crippen molar-refractivity contribution in [2.24, 2.45) is 0 Å². The van der Waals surface area contributed by atoms with Gasteiger partial charge in [-0.25, -0.2) is 13.1 Å². The summed E-state index contributed by atoms with van der Waals surface area (Å²) in [6.07, 6.45) is 1.97. The van der Waals surface area contributed by atoms with Crippen LogP contribution in [0, 0.1) is 6.92 Å². The van der Waals surface area contributed by atoms with Crippen molar-refractivity contribution in [1.82, 2.24) is 4.72 Å². The molecular formula is C23H24N2O4S2. The van der Waals surface area contributed by atoms with Crippen molar-refractivity contribution in [3.8, 4) is 5.75 Å². The van der Waals surface area contributed by atoms with Crippen molar-refractivity contribution in [3.63, 3.8) is 0 Å². The maximum atomic E-state index is 12.6. The van der Waals surface area contributed by atoms with Crippen LogP contribution in [0.5, 0.6) is 5.75 Å². The second-order valence-electron chi connectivity index (χ2n) is 6.81. The maximum absolute atomic E-state index is 12.6. The zero-order valence-corrected chi connectivity index (χ0v) is 18.9. The molecule has 3 rings (SSSR count). The van der Waals surface area contributed by atoms with Gasteiger partial charge in [0.05, 0.1) is 4.90 Å². The zero-order chi connectivity index (χ0) is 22.3. The number of nitrogens with one attached hydrogen (secondary N) is 2. The van der Waals surface area contributed by atoms with Gasteiger partial charge in [-0.15, -0.1) is 11.8 Å². The first-order chi connectivity index (χ1) is 14.9. The zero-order valence-electron chi connectivity index (χ0n) is 17.3. The molecule has 0 spiro atoms. The lowest BCUT2D eigenvalue weighted by molar-refractivity contribution is -0.118. The summed E-state index contributed by atoms with van der Waals surface area (Å²) in [5, 5.41) is 2.79. The number of hydrogen-bond acceptors (Lipinski definition) is 5. The average molecular weight is 457 g/mol. The molecule has 6 nitrogen and oxygen atoms in total. The van der Waals surface area contributed by atoms with E-state index in [-0.39, 0.29) is 24.0 Å². The van der Waals surface area contributed by atoms with Gasteiger partial charge in [0.25, 0.3) is 5.91 Å². The van der Waals surface area contributed by atoms with Gasteiger partial charge in [0, 0.05) is 17.1 Å². The first-order valence-corrected chi connectivity index (χ1v) is 12.3. The summed E-state index contributed by atoms with van der Waals surface area (Å²) in [4.78, 5) is 13.4. The Morgan fingerprint density at radius 2 is 1.77 bits per heavy atom. The lowest BCUT2D eigenvalue weighted by Crippen LogP contribution is -2.23. The number of aryl methyl sites for hydroxylation is 1. The molecule has 2 N–H and O–H groups in total. The number of thioether (sulfide) groups is 1. The smallest absolute Gasteiger partial charge is 0.262 e. The van der Waals surface area contributed by atoms with E-state index in [4.69, 9.17) is 4.74 Å². The SMILES string of the molecule is CSc1cccc(NC(=O)COc2ccc(S(=O)(=O)NCc3ccccc3)cc2C)c1. The van der Waals surface area contributed by atoms with Gasteiger partial charge in [0.2, 0.25) is 10.0 Å². The van der Waals surface area contributed by atoms with Gasteiger partial charge in [-0.3, -0.25) is 4.79 Å². The molecule has 31 heavy (non-hydrogen) atoms. The predicted molar refractivity (Wildman–Crippen MR) is 124 cm³/mol. The highest BCUT2D eigenvalue weighted by atomic mass is 32.2. The molecule has 0 aliphatic heterocycles. The van der Waals surface area contributed by atoms with Crippen LogP contribution in [-0.2, 0) is 21.4 Å². The molecule has 162 valence electrons. The predicted octanol–water partition coefficient (Wildman–Crippen LogP) is 4.21. The van der Waals surface area contributed by atoms with Gasteiger partial charge in [-0.05, 0) is 60.7 Å². The number of hydrogen-bond donors (Lipinski definition) is 2. The Bertz CT molecular complexity index is 1150. The Morgan fingerprint density at radius 3 is 2.48 bits per heavy atom. The highest BCUT2D eigenvalue weighted by Gasteiger charge is 2.16. The molecule has 0 heterocycles. The average Bonchev–Trinajstić information content (AvgIpc) is 2.77. The Labute approximate surface area is 187 Å². The molecular weight excluding hydrogens is 432 g/mol.